The number of nitrogens with zero attached hydrogens (tertiary/aromatic N) is 4. The Balaban J connectivity index is 1.29. The molecule has 0 saturated carbocycles. The molecule has 0 radical (unpaired) electrons. The quantitative estimate of drug-likeness (QED) is 0.178. The van der Waals surface area contributed by atoms with E-state index in [9.17, 15) is 0 Å². The van der Waals surface area contributed by atoms with Gasteiger partial charge in [-0.2, -0.15) is 0 Å². The van der Waals surface area contributed by atoms with Crippen molar-refractivity contribution >= 4 is 115 Å². The van der Waals surface area contributed by atoms with Crippen LogP contribution in [0.4, 0.5) is 17.1 Å². The Hall–Kier alpha value is -7.17. The molecule has 0 aliphatic heterocycles. The van der Waals surface area contributed by atoms with E-state index in [2.05, 4.69) is 213 Å². The molecule has 5 aromatic heterocycles. The molecule has 61 heavy (non-hydrogen) atoms. The van der Waals surface area contributed by atoms with Gasteiger partial charge in [0.1, 0.15) is 5.65 Å². The Morgan fingerprint density at radius 1 is 0.410 bits per heavy atom. The molecule has 0 atom stereocenters. The predicted molar refractivity (Wildman–Crippen MR) is 261 cm³/mol. The van der Waals surface area contributed by atoms with E-state index in [1.54, 1.807) is 0 Å². The van der Waals surface area contributed by atoms with Crippen molar-refractivity contribution in [3.8, 4) is 0 Å². The van der Waals surface area contributed by atoms with E-state index in [4.69, 9.17) is 4.98 Å². The Morgan fingerprint density at radius 3 is 1.62 bits per heavy atom. The smallest absolute Gasteiger partial charge is 0.146 e. The molecule has 8 aromatic carbocycles. The van der Waals surface area contributed by atoms with Gasteiger partial charge in [-0.15, -0.1) is 0 Å². The molecule has 0 unspecified atom stereocenters. The highest BCUT2D eigenvalue weighted by Gasteiger charge is 2.31. The molecule has 0 aliphatic carbocycles. The van der Waals surface area contributed by atoms with Gasteiger partial charge in [0.2, 0.25) is 0 Å². The number of fused-ring (bicyclic) bond motifs is 16. The molecular formula is C57H44N4. The summed E-state index contributed by atoms with van der Waals surface area (Å²) in [5.41, 5.74) is 12.9. The number of aromatic nitrogens is 3. The standard InChI is InChI=1S/C57H44N4/c1-56(2,3)36-28-43-44-29-37(57(4,5)6)31-47(59(38-20-9-7-10-21-38)39-22-11-8-12-23-39)53(44)61-52(43)45(30-36)50-51-48(32-58-55(50)61)60-46-27-34-18-14-13-17-33(34)25-41(46)42-26-35-19-15-16-24-40(35)49(51)54(42)60/h7-32H,1-6H3. The second kappa shape index (κ2) is 11.8. The number of rotatable bonds is 3. The van der Waals surface area contributed by atoms with Crippen molar-refractivity contribution < 1.29 is 0 Å². The first-order valence-electron chi connectivity index (χ1n) is 21.6. The summed E-state index contributed by atoms with van der Waals surface area (Å²) in [6.45, 7) is 14.0. The Morgan fingerprint density at radius 2 is 0.951 bits per heavy atom. The molecule has 13 aromatic rings. The minimum absolute atomic E-state index is 0.0902. The van der Waals surface area contributed by atoms with Gasteiger partial charge in [-0.25, -0.2) is 4.98 Å². The summed E-state index contributed by atoms with van der Waals surface area (Å²) < 4.78 is 5.04. The van der Waals surface area contributed by atoms with Crippen LogP contribution in [0, 0.1) is 0 Å². The fourth-order valence-electron chi connectivity index (χ4n) is 10.6. The Kier molecular flexibility index (Phi) is 6.69. The number of hydrogen-bond donors (Lipinski definition) is 0. The molecule has 0 amide bonds. The molecule has 0 fully saturated rings. The average Bonchev–Trinajstić information content (AvgIpc) is 3.98. The van der Waals surface area contributed by atoms with Gasteiger partial charge in [-0.3, -0.25) is 4.40 Å². The van der Waals surface area contributed by atoms with E-state index in [1.165, 1.54) is 97.8 Å². The van der Waals surface area contributed by atoms with Gasteiger partial charge >= 0.3 is 0 Å². The first-order chi connectivity index (χ1) is 29.5. The van der Waals surface area contributed by atoms with Crippen LogP contribution in [0.3, 0.4) is 0 Å². The number of para-hydroxylation sites is 2. The van der Waals surface area contributed by atoms with Crippen LogP contribution in [0.25, 0.3) is 97.9 Å². The van der Waals surface area contributed by atoms with E-state index in [0.29, 0.717) is 0 Å². The highest BCUT2D eigenvalue weighted by molar-refractivity contribution is 6.39. The monoisotopic (exact) mass is 784 g/mol. The fourth-order valence-corrected chi connectivity index (χ4v) is 10.6. The van der Waals surface area contributed by atoms with Crippen LogP contribution in [0.15, 0.2) is 158 Å². The maximum Gasteiger partial charge on any atom is 0.146 e. The third kappa shape index (κ3) is 4.62. The van der Waals surface area contributed by atoms with Crippen molar-refractivity contribution in [2.75, 3.05) is 4.90 Å². The highest BCUT2D eigenvalue weighted by Crippen LogP contribution is 2.52. The van der Waals surface area contributed by atoms with E-state index in [1.807, 2.05) is 0 Å². The zero-order chi connectivity index (χ0) is 41.1. The van der Waals surface area contributed by atoms with Crippen LogP contribution in [0.5, 0.6) is 0 Å². The lowest BCUT2D eigenvalue weighted by molar-refractivity contribution is 0.591. The van der Waals surface area contributed by atoms with Crippen LogP contribution in [0.2, 0.25) is 0 Å². The molecule has 4 nitrogen and oxygen atoms in total. The summed E-state index contributed by atoms with van der Waals surface area (Å²) in [5, 5.41) is 15.2. The fraction of sp³-hybridized carbons (Fsp3) is 0.140. The lowest BCUT2D eigenvalue weighted by Crippen LogP contribution is -2.15. The van der Waals surface area contributed by atoms with E-state index in [0.717, 1.165) is 28.2 Å². The second-order valence-electron chi connectivity index (χ2n) is 19.3. The van der Waals surface area contributed by atoms with Gasteiger partial charge in [-0.1, -0.05) is 126 Å². The third-order valence-electron chi connectivity index (χ3n) is 13.6. The normalized spacial score (nSPS) is 13.1. The molecule has 4 heteroatoms. The van der Waals surface area contributed by atoms with Gasteiger partial charge in [0.25, 0.3) is 0 Å². The molecule has 0 aliphatic rings. The minimum atomic E-state index is -0.0940. The van der Waals surface area contributed by atoms with Crippen molar-refractivity contribution in [2.24, 2.45) is 0 Å². The summed E-state index contributed by atoms with van der Waals surface area (Å²) in [7, 11) is 0. The van der Waals surface area contributed by atoms with Gasteiger partial charge in [0, 0.05) is 54.5 Å². The molecule has 13 rings (SSSR count). The maximum atomic E-state index is 5.62. The zero-order valence-electron chi connectivity index (χ0n) is 35.3. The summed E-state index contributed by atoms with van der Waals surface area (Å²) in [6, 6.07) is 56.5. The largest absolute Gasteiger partial charge is 0.308 e. The average molecular weight is 785 g/mol. The molecular weight excluding hydrogens is 741 g/mol. The van der Waals surface area contributed by atoms with Crippen molar-refractivity contribution in [3.63, 3.8) is 0 Å². The molecule has 0 saturated heterocycles. The van der Waals surface area contributed by atoms with Crippen LogP contribution in [-0.2, 0) is 10.8 Å². The lowest BCUT2D eigenvalue weighted by Gasteiger charge is -2.29. The number of benzene rings is 8. The van der Waals surface area contributed by atoms with Crippen LogP contribution in [0.1, 0.15) is 52.7 Å². The summed E-state index contributed by atoms with van der Waals surface area (Å²) in [5.74, 6) is 0. The van der Waals surface area contributed by atoms with E-state index < -0.39 is 0 Å². The zero-order valence-corrected chi connectivity index (χ0v) is 35.3. The molecule has 292 valence electrons. The predicted octanol–water partition coefficient (Wildman–Crippen LogP) is 15.8. The van der Waals surface area contributed by atoms with Crippen molar-refractivity contribution in [3.05, 3.63) is 169 Å². The van der Waals surface area contributed by atoms with Crippen LogP contribution in [-0.4, -0.2) is 13.8 Å². The topological polar surface area (TPSA) is 24.9 Å². The van der Waals surface area contributed by atoms with Gasteiger partial charge < -0.3 is 9.30 Å². The third-order valence-corrected chi connectivity index (χ3v) is 13.6. The highest BCUT2D eigenvalue weighted by atomic mass is 15.2. The number of anilines is 3. The Bertz CT molecular complexity index is 3890. The summed E-state index contributed by atoms with van der Waals surface area (Å²) in [4.78, 5) is 8.07. The van der Waals surface area contributed by atoms with Crippen LogP contribution < -0.4 is 4.90 Å². The molecule has 0 bridgehead atoms. The molecule has 0 spiro atoms. The van der Waals surface area contributed by atoms with Gasteiger partial charge in [0.05, 0.1) is 39.5 Å². The van der Waals surface area contributed by atoms with E-state index in [-0.39, 0.29) is 10.8 Å². The molecule has 5 heterocycles. The van der Waals surface area contributed by atoms with Crippen molar-refractivity contribution in [2.45, 2.75) is 52.4 Å². The second-order valence-corrected chi connectivity index (χ2v) is 19.3. The van der Waals surface area contributed by atoms with Crippen molar-refractivity contribution in [1.82, 2.24) is 13.8 Å². The van der Waals surface area contributed by atoms with Crippen molar-refractivity contribution in [1.29, 1.82) is 0 Å². The van der Waals surface area contributed by atoms with Gasteiger partial charge in [0.15, 0.2) is 0 Å². The molecule has 0 N–H and O–H groups in total. The number of hydrogen-bond acceptors (Lipinski definition) is 2. The maximum absolute atomic E-state index is 5.62. The van der Waals surface area contributed by atoms with Crippen LogP contribution >= 0.6 is 0 Å². The SMILES string of the molecule is CC(C)(C)c1cc(N(c2ccccc2)c2ccccc2)c2c(c1)c1cc(C(C)(C)C)cc3c4c5c6c7ccccc7cc7c8cc9ccccc9cc8n(c5cnc4n2c13)c76. The summed E-state index contributed by atoms with van der Waals surface area (Å²) in [6.07, 6.45) is 2.17. The van der Waals surface area contributed by atoms with Gasteiger partial charge in [-0.05, 0) is 110 Å². The van der Waals surface area contributed by atoms with E-state index >= 15 is 0 Å². The summed E-state index contributed by atoms with van der Waals surface area (Å²) >= 11 is 0. The Labute approximate surface area is 353 Å². The first kappa shape index (κ1) is 34.7. The minimum Gasteiger partial charge on any atom is -0.308 e. The lowest BCUT2D eigenvalue weighted by atomic mass is 9.84. The number of pyridine rings is 1. The first-order valence-corrected chi connectivity index (χ1v) is 21.6.